The molecule has 0 unspecified atom stereocenters. The molecule has 3 rings (SSSR count). The molecule has 0 radical (unpaired) electrons. The second-order valence-electron chi connectivity index (χ2n) is 6.46. The number of alkyl halides is 6. The maximum atomic E-state index is 12.8. The van der Waals surface area contributed by atoms with E-state index in [1.165, 1.54) is 24.3 Å². The number of carbonyl (C=O) groups is 1. The van der Waals surface area contributed by atoms with Gasteiger partial charge in [0.15, 0.2) is 0 Å². The van der Waals surface area contributed by atoms with Crippen LogP contribution in [0.3, 0.4) is 0 Å². The van der Waals surface area contributed by atoms with Crippen molar-refractivity contribution in [3.05, 3.63) is 70.2 Å². The van der Waals surface area contributed by atoms with E-state index in [0.717, 1.165) is 35.6 Å². The predicted octanol–water partition coefficient (Wildman–Crippen LogP) is 6.50. The molecule has 0 fully saturated rings. The van der Waals surface area contributed by atoms with Crippen LogP contribution in [0.2, 0.25) is 0 Å². The Morgan fingerprint density at radius 3 is 2.12 bits per heavy atom. The molecule has 0 amide bonds. The van der Waals surface area contributed by atoms with E-state index in [1.807, 2.05) is 0 Å². The maximum Gasteiger partial charge on any atom is 0.573 e. The molecule has 0 spiro atoms. The van der Waals surface area contributed by atoms with Gasteiger partial charge in [0.1, 0.15) is 15.6 Å². The number of nitrogens with zero attached hydrogens (tertiary/aromatic N) is 1. The number of halogens is 6. The van der Waals surface area contributed by atoms with E-state index in [4.69, 9.17) is 4.74 Å². The number of esters is 1. The minimum Gasteiger partial charge on any atom is -0.462 e. The fraction of sp³-hybridized carbons (Fsp3) is 0.238. The van der Waals surface area contributed by atoms with Gasteiger partial charge in [-0.2, -0.15) is 13.2 Å². The Balaban J connectivity index is 1.89. The Morgan fingerprint density at radius 2 is 1.59 bits per heavy atom. The van der Waals surface area contributed by atoms with Crippen LogP contribution in [0, 0.1) is 0 Å². The van der Waals surface area contributed by atoms with Crippen molar-refractivity contribution < 1.29 is 40.6 Å². The van der Waals surface area contributed by atoms with Crippen molar-refractivity contribution >= 4 is 17.3 Å². The highest BCUT2D eigenvalue weighted by Crippen LogP contribution is 2.34. The largest absolute Gasteiger partial charge is 0.573 e. The summed E-state index contributed by atoms with van der Waals surface area (Å²) < 4.78 is 84.2. The molecule has 11 heteroatoms. The van der Waals surface area contributed by atoms with Crippen LogP contribution in [0.1, 0.15) is 33.4 Å². The molecule has 2 aromatic carbocycles. The molecule has 4 nitrogen and oxygen atoms in total. The number of rotatable bonds is 6. The second kappa shape index (κ2) is 9.19. The van der Waals surface area contributed by atoms with Gasteiger partial charge in [-0.3, -0.25) is 0 Å². The third kappa shape index (κ3) is 6.00. The summed E-state index contributed by atoms with van der Waals surface area (Å²) in [6, 6.07) is 9.40. The molecule has 0 N–H and O–H groups in total. The van der Waals surface area contributed by atoms with Gasteiger partial charge < -0.3 is 9.47 Å². The minimum atomic E-state index is -4.82. The van der Waals surface area contributed by atoms with Gasteiger partial charge in [-0.15, -0.1) is 24.5 Å². The van der Waals surface area contributed by atoms with Gasteiger partial charge >= 0.3 is 18.5 Å². The zero-order valence-corrected chi connectivity index (χ0v) is 17.2. The lowest BCUT2D eigenvalue weighted by atomic mass is 10.1. The number of hydrogen-bond acceptors (Lipinski definition) is 5. The Bertz CT molecular complexity index is 1070. The Labute approximate surface area is 182 Å². The monoisotopic (exact) mass is 475 g/mol. The molecule has 1 heterocycles. The molecule has 32 heavy (non-hydrogen) atoms. The summed E-state index contributed by atoms with van der Waals surface area (Å²) >= 11 is 0.964. The van der Waals surface area contributed by atoms with Crippen LogP contribution in [0.25, 0.3) is 10.6 Å². The summed E-state index contributed by atoms with van der Waals surface area (Å²) in [6.07, 6.45) is -9.20. The molecule has 0 aliphatic carbocycles. The molecule has 0 aliphatic rings. The van der Waals surface area contributed by atoms with Crippen LogP contribution in [0.5, 0.6) is 5.75 Å². The summed E-state index contributed by atoms with van der Waals surface area (Å²) in [5, 5.41) is 0.314. The molecular weight excluding hydrogens is 460 g/mol. The molecule has 1 aromatic heterocycles. The summed E-state index contributed by atoms with van der Waals surface area (Å²) in [5.41, 5.74) is 0.417. The normalized spacial score (nSPS) is 12.0. The first-order chi connectivity index (χ1) is 15.0. The summed E-state index contributed by atoms with van der Waals surface area (Å²) in [6.45, 7) is 1.73. The van der Waals surface area contributed by atoms with Crippen LogP contribution >= 0.6 is 11.3 Å². The Hall–Kier alpha value is -3.08. The van der Waals surface area contributed by atoms with E-state index in [1.54, 1.807) is 6.92 Å². The number of ether oxygens (including phenoxy) is 2. The maximum absolute atomic E-state index is 12.8. The van der Waals surface area contributed by atoms with Gasteiger partial charge in [0.05, 0.1) is 17.9 Å². The summed E-state index contributed by atoms with van der Waals surface area (Å²) in [4.78, 5) is 16.9. The SMILES string of the molecule is CCOC(=O)c1sc(-c2ccc(C(F)(F)F)cc2)nc1Cc1ccc(OC(F)(F)F)cc1. The second-order valence-corrected chi connectivity index (χ2v) is 7.46. The summed E-state index contributed by atoms with van der Waals surface area (Å²) in [7, 11) is 0. The van der Waals surface area contributed by atoms with Gasteiger partial charge in [0.25, 0.3) is 0 Å². The third-order valence-corrected chi connectivity index (χ3v) is 5.27. The predicted molar refractivity (Wildman–Crippen MR) is 104 cm³/mol. The molecule has 0 saturated heterocycles. The smallest absolute Gasteiger partial charge is 0.462 e. The zero-order valence-electron chi connectivity index (χ0n) is 16.4. The van der Waals surface area contributed by atoms with E-state index in [-0.39, 0.29) is 17.9 Å². The van der Waals surface area contributed by atoms with Gasteiger partial charge in [-0.25, -0.2) is 9.78 Å². The van der Waals surface area contributed by atoms with Crippen molar-refractivity contribution in [2.75, 3.05) is 6.61 Å². The van der Waals surface area contributed by atoms with Crippen molar-refractivity contribution in [3.8, 4) is 16.3 Å². The number of thiazole rings is 1. The average Bonchev–Trinajstić information content (AvgIpc) is 3.12. The number of hydrogen-bond donors (Lipinski definition) is 0. The number of carbonyl (C=O) groups excluding carboxylic acids is 1. The Kier molecular flexibility index (Phi) is 6.77. The lowest BCUT2D eigenvalue weighted by Gasteiger charge is -2.09. The van der Waals surface area contributed by atoms with Gasteiger partial charge in [0.2, 0.25) is 0 Å². The van der Waals surface area contributed by atoms with Gasteiger partial charge in [-0.05, 0) is 36.8 Å². The van der Waals surface area contributed by atoms with Gasteiger partial charge in [-0.1, -0.05) is 24.3 Å². The molecular formula is C21H15F6NO3S. The number of benzene rings is 2. The highest BCUT2D eigenvalue weighted by atomic mass is 32.1. The first-order valence-corrected chi connectivity index (χ1v) is 9.97. The highest BCUT2D eigenvalue weighted by molar-refractivity contribution is 7.17. The fourth-order valence-electron chi connectivity index (χ4n) is 2.76. The van der Waals surface area contributed by atoms with Crippen LogP contribution in [0.15, 0.2) is 48.5 Å². The molecule has 0 aliphatic heterocycles. The number of aromatic nitrogens is 1. The van der Waals surface area contributed by atoms with E-state index < -0.39 is 29.8 Å². The highest BCUT2D eigenvalue weighted by Gasteiger charge is 2.31. The summed E-state index contributed by atoms with van der Waals surface area (Å²) in [5.74, 6) is -1.04. The third-order valence-electron chi connectivity index (χ3n) is 4.15. The van der Waals surface area contributed by atoms with Crippen LogP contribution in [-0.4, -0.2) is 23.9 Å². The lowest BCUT2D eigenvalue weighted by molar-refractivity contribution is -0.274. The van der Waals surface area contributed by atoms with Crippen LogP contribution in [0.4, 0.5) is 26.3 Å². The fourth-order valence-corrected chi connectivity index (χ4v) is 3.74. The molecule has 3 aromatic rings. The average molecular weight is 475 g/mol. The van der Waals surface area contributed by atoms with Crippen LogP contribution < -0.4 is 4.74 Å². The van der Waals surface area contributed by atoms with Crippen molar-refractivity contribution in [1.82, 2.24) is 4.98 Å². The van der Waals surface area contributed by atoms with Crippen LogP contribution in [-0.2, 0) is 17.3 Å². The van der Waals surface area contributed by atoms with Crippen molar-refractivity contribution in [2.45, 2.75) is 25.9 Å². The van der Waals surface area contributed by atoms with E-state index >= 15 is 0 Å². The molecule has 0 saturated carbocycles. The van der Waals surface area contributed by atoms with E-state index in [0.29, 0.717) is 21.8 Å². The molecule has 170 valence electrons. The quantitative estimate of drug-likeness (QED) is 0.302. The van der Waals surface area contributed by atoms with Crippen molar-refractivity contribution in [3.63, 3.8) is 0 Å². The van der Waals surface area contributed by atoms with Crippen molar-refractivity contribution in [2.24, 2.45) is 0 Å². The lowest BCUT2D eigenvalue weighted by Crippen LogP contribution is -2.17. The van der Waals surface area contributed by atoms with E-state index in [2.05, 4.69) is 9.72 Å². The minimum absolute atomic E-state index is 0.0948. The molecule has 0 atom stereocenters. The standard InChI is InChI=1S/C21H15F6NO3S/c1-2-30-19(29)17-16(11-12-3-9-15(10-4-12)31-21(25,26)27)28-18(32-17)13-5-7-14(8-6-13)20(22,23)24/h3-10H,2,11H2,1H3. The van der Waals surface area contributed by atoms with Gasteiger partial charge in [0, 0.05) is 12.0 Å². The first-order valence-electron chi connectivity index (χ1n) is 9.15. The first kappa shape index (κ1) is 23.6. The molecule has 0 bridgehead atoms. The van der Waals surface area contributed by atoms with E-state index in [9.17, 15) is 31.1 Å². The Morgan fingerprint density at radius 1 is 0.969 bits per heavy atom. The van der Waals surface area contributed by atoms with Crippen molar-refractivity contribution in [1.29, 1.82) is 0 Å². The zero-order chi connectivity index (χ0) is 23.5. The topological polar surface area (TPSA) is 48.4 Å².